The van der Waals surface area contributed by atoms with Crippen LogP contribution < -0.4 is 21.5 Å². The SMILES string of the molecule is CCn1c(=O)c2ccccc2n(CC(=O)NCCCN2c3ccccc3Sc3ccccc32)c1=O. The van der Waals surface area contributed by atoms with E-state index in [0.717, 1.165) is 13.0 Å². The quantitative estimate of drug-likeness (QED) is 0.400. The monoisotopic (exact) mass is 486 g/mol. The second-order valence-electron chi connectivity index (χ2n) is 8.33. The highest BCUT2D eigenvalue weighted by atomic mass is 32.2. The number of aromatic nitrogens is 2. The first-order chi connectivity index (χ1) is 17.1. The van der Waals surface area contributed by atoms with Crippen molar-refractivity contribution in [3.8, 4) is 0 Å². The molecule has 1 N–H and O–H groups in total. The second-order valence-corrected chi connectivity index (χ2v) is 9.41. The molecule has 3 aromatic carbocycles. The number of carbonyl (C=O) groups excluding carboxylic acids is 1. The Bertz CT molecular complexity index is 1480. The average Bonchev–Trinajstić information content (AvgIpc) is 2.88. The third kappa shape index (κ3) is 4.37. The van der Waals surface area contributed by atoms with E-state index in [0.29, 0.717) is 17.4 Å². The third-order valence-electron chi connectivity index (χ3n) is 6.16. The van der Waals surface area contributed by atoms with Crippen LogP contribution in [0, 0.1) is 0 Å². The fraction of sp³-hybridized carbons (Fsp3) is 0.222. The fourth-order valence-corrected chi connectivity index (χ4v) is 5.58. The van der Waals surface area contributed by atoms with Crippen LogP contribution >= 0.6 is 11.8 Å². The Hall–Kier alpha value is -3.78. The first-order valence-corrected chi connectivity index (χ1v) is 12.5. The predicted octanol–water partition coefficient (Wildman–Crippen LogP) is 3.99. The summed E-state index contributed by atoms with van der Waals surface area (Å²) >= 11 is 1.77. The average molecular weight is 487 g/mol. The molecule has 0 spiro atoms. The zero-order chi connectivity index (χ0) is 24.4. The van der Waals surface area contributed by atoms with Gasteiger partial charge < -0.3 is 10.2 Å². The van der Waals surface area contributed by atoms with Gasteiger partial charge in [0.05, 0.1) is 22.3 Å². The summed E-state index contributed by atoms with van der Waals surface area (Å²) in [6.45, 7) is 3.09. The van der Waals surface area contributed by atoms with Gasteiger partial charge in [-0.1, -0.05) is 48.2 Å². The Kier molecular flexibility index (Phi) is 6.46. The van der Waals surface area contributed by atoms with Gasteiger partial charge in [-0.2, -0.15) is 0 Å². The van der Waals surface area contributed by atoms with Crippen molar-refractivity contribution >= 4 is 39.9 Å². The van der Waals surface area contributed by atoms with Gasteiger partial charge in [-0.3, -0.25) is 18.7 Å². The third-order valence-corrected chi connectivity index (χ3v) is 7.29. The molecule has 0 bridgehead atoms. The van der Waals surface area contributed by atoms with Crippen molar-refractivity contribution in [2.45, 2.75) is 36.2 Å². The minimum Gasteiger partial charge on any atom is -0.354 e. The maximum Gasteiger partial charge on any atom is 0.331 e. The Morgan fingerprint density at radius 1 is 0.857 bits per heavy atom. The summed E-state index contributed by atoms with van der Waals surface area (Å²) in [6, 6.07) is 23.6. The fourth-order valence-electron chi connectivity index (χ4n) is 4.49. The number of hydrogen-bond donors (Lipinski definition) is 1. The number of nitrogens with one attached hydrogen (secondary N) is 1. The van der Waals surface area contributed by atoms with Gasteiger partial charge in [0, 0.05) is 29.4 Å². The number of amides is 1. The molecule has 5 rings (SSSR count). The van der Waals surface area contributed by atoms with Crippen LogP contribution in [0.4, 0.5) is 11.4 Å². The van der Waals surface area contributed by atoms with E-state index in [1.165, 1.54) is 30.3 Å². The zero-order valence-electron chi connectivity index (χ0n) is 19.4. The standard InChI is InChI=1S/C27H26N4O3S/c1-2-29-26(33)19-10-3-4-11-20(19)31(27(29)34)18-25(32)28-16-9-17-30-21-12-5-7-14-23(21)35-24-15-8-6-13-22(24)30/h3-8,10-15H,2,9,16-18H2,1H3,(H,28,32). The van der Waals surface area contributed by atoms with Crippen molar-refractivity contribution in [3.63, 3.8) is 0 Å². The Morgan fingerprint density at radius 2 is 1.49 bits per heavy atom. The Morgan fingerprint density at radius 3 is 2.17 bits per heavy atom. The summed E-state index contributed by atoms with van der Waals surface area (Å²) in [5, 5.41) is 3.38. The summed E-state index contributed by atoms with van der Waals surface area (Å²) in [5.74, 6) is -0.256. The van der Waals surface area contributed by atoms with Gasteiger partial charge in [0.2, 0.25) is 5.91 Å². The molecule has 7 nitrogen and oxygen atoms in total. The minimum atomic E-state index is -0.467. The highest BCUT2D eigenvalue weighted by molar-refractivity contribution is 7.99. The van der Waals surface area contributed by atoms with Crippen molar-refractivity contribution in [1.82, 2.24) is 14.5 Å². The number of anilines is 2. The van der Waals surface area contributed by atoms with Crippen molar-refractivity contribution in [2.75, 3.05) is 18.0 Å². The van der Waals surface area contributed by atoms with Crippen LogP contribution in [0.5, 0.6) is 0 Å². The predicted molar refractivity (Wildman–Crippen MR) is 140 cm³/mol. The lowest BCUT2D eigenvalue weighted by Gasteiger charge is -2.32. The highest BCUT2D eigenvalue weighted by Crippen LogP contribution is 2.47. The van der Waals surface area contributed by atoms with E-state index in [9.17, 15) is 14.4 Å². The first kappa shape index (κ1) is 23.0. The topological polar surface area (TPSA) is 76.3 Å². The number of benzene rings is 3. The molecule has 8 heteroatoms. The zero-order valence-corrected chi connectivity index (χ0v) is 20.3. The van der Waals surface area contributed by atoms with E-state index in [4.69, 9.17) is 0 Å². The molecular weight excluding hydrogens is 460 g/mol. The lowest BCUT2D eigenvalue weighted by atomic mass is 10.2. The molecule has 0 saturated carbocycles. The second kappa shape index (κ2) is 9.84. The van der Waals surface area contributed by atoms with E-state index in [-0.39, 0.29) is 24.6 Å². The van der Waals surface area contributed by atoms with Crippen molar-refractivity contribution < 1.29 is 4.79 Å². The Labute approximate surface area is 207 Å². The molecule has 1 aliphatic rings. The summed E-state index contributed by atoms with van der Waals surface area (Å²) in [7, 11) is 0. The first-order valence-electron chi connectivity index (χ1n) is 11.7. The largest absolute Gasteiger partial charge is 0.354 e. The van der Waals surface area contributed by atoms with E-state index in [2.05, 4.69) is 34.5 Å². The van der Waals surface area contributed by atoms with Crippen molar-refractivity contribution in [3.05, 3.63) is 93.6 Å². The summed E-state index contributed by atoms with van der Waals surface area (Å²) < 4.78 is 2.54. The molecule has 0 aliphatic carbocycles. The molecule has 178 valence electrons. The van der Waals surface area contributed by atoms with Gasteiger partial charge in [-0.05, 0) is 49.7 Å². The number of fused-ring (bicyclic) bond motifs is 3. The van der Waals surface area contributed by atoms with Crippen molar-refractivity contribution in [1.29, 1.82) is 0 Å². The van der Waals surface area contributed by atoms with Gasteiger partial charge in [0.15, 0.2) is 0 Å². The van der Waals surface area contributed by atoms with Crippen LogP contribution in [0.3, 0.4) is 0 Å². The molecule has 35 heavy (non-hydrogen) atoms. The summed E-state index contributed by atoms with van der Waals surface area (Å²) in [4.78, 5) is 43.0. The van der Waals surface area contributed by atoms with Crippen LogP contribution in [0.25, 0.3) is 10.9 Å². The van der Waals surface area contributed by atoms with Crippen LogP contribution in [0.1, 0.15) is 13.3 Å². The van der Waals surface area contributed by atoms with Gasteiger partial charge in [0.25, 0.3) is 5.56 Å². The normalized spacial score (nSPS) is 12.3. The number of hydrogen-bond acceptors (Lipinski definition) is 5. The van der Waals surface area contributed by atoms with Gasteiger partial charge in [-0.25, -0.2) is 4.79 Å². The van der Waals surface area contributed by atoms with Crippen LogP contribution in [0.2, 0.25) is 0 Å². The van der Waals surface area contributed by atoms with E-state index in [1.54, 1.807) is 43.0 Å². The molecule has 4 aromatic rings. The minimum absolute atomic E-state index is 0.133. The van der Waals surface area contributed by atoms with Gasteiger partial charge in [-0.15, -0.1) is 0 Å². The number of nitrogens with zero attached hydrogens (tertiary/aromatic N) is 3. The molecule has 0 fully saturated rings. The molecular formula is C27H26N4O3S. The highest BCUT2D eigenvalue weighted by Gasteiger charge is 2.22. The number of rotatable bonds is 7. The van der Waals surface area contributed by atoms with Gasteiger partial charge in [0.1, 0.15) is 6.54 Å². The molecule has 1 aliphatic heterocycles. The lowest BCUT2D eigenvalue weighted by molar-refractivity contribution is -0.121. The molecule has 2 heterocycles. The molecule has 0 atom stereocenters. The number of carbonyl (C=O) groups is 1. The van der Waals surface area contributed by atoms with Crippen LogP contribution in [-0.2, 0) is 17.9 Å². The van der Waals surface area contributed by atoms with Crippen molar-refractivity contribution in [2.24, 2.45) is 0 Å². The Balaban J connectivity index is 1.28. The molecule has 1 aromatic heterocycles. The smallest absolute Gasteiger partial charge is 0.331 e. The number of para-hydroxylation sites is 3. The summed E-state index contributed by atoms with van der Waals surface area (Å²) in [6.07, 6.45) is 0.739. The van der Waals surface area contributed by atoms with Gasteiger partial charge >= 0.3 is 5.69 Å². The van der Waals surface area contributed by atoms with E-state index < -0.39 is 5.69 Å². The maximum absolute atomic E-state index is 12.9. The molecule has 0 saturated heterocycles. The van der Waals surface area contributed by atoms with Crippen LogP contribution in [0.15, 0.2) is 92.2 Å². The maximum atomic E-state index is 12.9. The van der Waals surface area contributed by atoms with E-state index >= 15 is 0 Å². The van der Waals surface area contributed by atoms with Crippen LogP contribution in [-0.4, -0.2) is 28.1 Å². The molecule has 0 radical (unpaired) electrons. The summed E-state index contributed by atoms with van der Waals surface area (Å²) in [5.41, 5.74) is 2.02. The molecule has 1 amide bonds. The van der Waals surface area contributed by atoms with E-state index in [1.807, 2.05) is 24.3 Å². The lowest BCUT2D eigenvalue weighted by Crippen LogP contribution is -2.42. The molecule has 0 unspecified atom stereocenters.